The van der Waals surface area contributed by atoms with Crippen LogP contribution in [0.15, 0.2) is 41.3 Å². The van der Waals surface area contributed by atoms with Crippen LogP contribution in [0.25, 0.3) is 0 Å². The second-order valence-electron chi connectivity index (χ2n) is 7.00. The molecule has 0 saturated carbocycles. The van der Waals surface area contributed by atoms with Gasteiger partial charge < -0.3 is 14.8 Å². The van der Waals surface area contributed by atoms with E-state index in [4.69, 9.17) is 21.1 Å². The van der Waals surface area contributed by atoms with Crippen molar-refractivity contribution in [2.75, 3.05) is 38.2 Å². The topological polar surface area (TPSA) is 84.9 Å². The molecule has 0 bridgehead atoms. The quantitative estimate of drug-likeness (QED) is 0.662. The van der Waals surface area contributed by atoms with Crippen molar-refractivity contribution >= 4 is 33.2 Å². The van der Waals surface area contributed by atoms with Gasteiger partial charge in [-0.3, -0.25) is 4.79 Å². The third-order valence-electron chi connectivity index (χ3n) is 4.62. The molecule has 1 aliphatic rings. The zero-order chi connectivity index (χ0) is 23.5. The number of amides is 1. The first-order chi connectivity index (χ1) is 15.0. The Labute approximate surface area is 188 Å². The summed E-state index contributed by atoms with van der Waals surface area (Å²) in [4.78, 5) is 12.7. The number of sulfonamides is 1. The van der Waals surface area contributed by atoms with Crippen LogP contribution >= 0.6 is 11.6 Å². The Morgan fingerprint density at radius 1 is 1.19 bits per heavy atom. The van der Waals surface area contributed by atoms with E-state index >= 15 is 0 Å². The molecule has 0 spiro atoms. The number of nitrogens with zero attached hydrogens (tertiary/aromatic N) is 1. The maximum Gasteiger partial charge on any atom is 0.422 e. The van der Waals surface area contributed by atoms with Gasteiger partial charge in [-0.25, -0.2) is 8.42 Å². The van der Waals surface area contributed by atoms with Crippen molar-refractivity contribution in [3.05, 3.63) is 52.5 Å². The number of anilines is 1. The first-order valence-corrected chi connectivity index (χ1v) is 11.3. The molecular formula is C20H20ClF3N2O5S. The summed E-state index contributed by atoms with van der Waals surface area (Å²) < 4.78 is 74.8. The van der Waals surface area contributed by atoms with Gasteiger partial charge in [0, 0.05) is 23.7 Å². The Morgan fingerprint density at radius 3 is 2.53 bits per heavy atom. The molecule has 1 heterocycles. The molecule has 1 fully saturated rings. The predicted octanol–water partition coefficient (Wildman–Crippen LogP) is 3.86. The van der Waals surface area contributed by atoms with Crippen molar-refractivity contribution < 1.29 is 35.9 Å². The van der Waals surface area contributed by atoms with Crippen LogP contribution < -0.4 is 10.1 Å². The number of ether oxygens (including phenoxy) is 2. The number of carbonyl (C=O) groups is 1. The van der Waals surface area contributed by atoms with Crippen LogP contribution in [0.5, 0.6) is 5.75 Å². The largest absolute Gasteiger partial charge is 0.482 e. The van der Waals surface area contributed by atoms with Gasteiger partial charge in [0.25, 0.3) is 5.91 Å². The van der Waals surface area contributed by atoms with Crippen molar-refractivity contribution in [2.24, 2.45) is 0 Å². The van der Waals surface area contributed by atoms with Gasteiger partial charge in [-0.2, -0.15) is 17.5 Å². The third kappa shape index (κ3) is 5.91. The number of morpholine rings is 1. The Balaban J connectivity index is 1.86. The fraction of sp³-hybridized carbons (Fsp3) is 0.350. The van der Waals surface area contributed by atoms with Gasteiger partial charge in [-0.15, -0.1) is 0 Å². The Hall–Kier alpha value is -2.34. The third-order valence-corrected chi connectivity index (χ3v) is 6.90. The maximum absolute atomic E-state index is 13.0. The van der Waals surface area contributed by atoms with E-state index < -0.39 is 28.7 Å². The number of rotatable bonds is 6. The smallest absolute Gasteiger partial charge is 0.422 e. The summed E-state index contributed by atoms with van der Waals surface area (Å²) in [5, 5.41) is 2.60. The lowest BCUT2D eigenvalue weighted by Crippen LogP contribution is -2.40. The molecule has 2 aromatic rings. The number of hydrogen-bond donors (Lipinski definition) is 1. The van der Waals surface area contributed by atoms with Crippen LogP contribution in [-0.2, 0) is 14.8 Å². The molecule has 2 aromatic carbocycles. The molecule has 0 radical (unpaired) electrons. The van der Waals surface area contributed by atoms with Gasteiger partial charge in [0.15, 0.2) is 6.61 Å². The van der Waals surface area contributed by atoms with Crippen LogP contribution in [0.3, 0.4) is 0 Å². The summed E-state index contributed by atoms with van der Waals surface area (Å²) in [6.07, 6.45) is -4.57. The van der Waals surface area contributed by atoms with E-state index in [1.807, 2.05) is 0 Å². The average molecular weight is 493 g/mol. The zero-order valence-electron chi connectivity index (χ0n) is 16.9. The number of carbonyl (C=O) groups excluding carboxylic acids is 1. The maximum atomic E-state index is 13.0. The van der Waals surface area contributed by atoms with Crippen LogP contribution in [0.1, 0.15) is 15.9 Å². The fourth-order valence-electron chi connectivity index (χ4n) is 3.03. The van der Waals surface area contributed by atoms with Crippen molar-refractivity contribution in [1.82, 2.24) is 4.31 Å². The predicted molar refractivity (Wildman–Crippen MR) is 112 cm³/mol. The fourth-order valence-corrected chi connectivity index (χ4v) is 4.86. The number of aryl methyl sites for hydroxylation is 1. The highest BCUT2D eigenvalue weighted by molar-refractivity contribution is 7.89. The molecule has 1 amide bonds. The molecule has 0 aromatic heterocycles. The van der Waals surface area contributed by atoms with E-state index in [0.29, 0.717) is 5.56 Å². The van der Waals surface area contributed by atoms with Crippen LogP contribution in [-0.4, -0.2) is 57.7 Å². The van der Waals surface area contributed by atoms with Gasteiger partial charge in [0.05, 0.1) is 23.8 Å². The van der Waals surface area contributed by atoms with Crippen molar-refractivity contribution in [2.45, 2.75) is 18.0 Å². The standard InChI is InChI=1S/C20H20ClF3N2O5S/c1-13-2-3-14(10-18(13)32(28,29)26-6-8-30-9-7-26)19(27)25-16-11-15(21)4-5-17(16)31-12-20(22,23)24/h2-5,10-11H,6-9,12H2,1H3,(H,25,27). The molecule has 1 saturated heterocycles. The summed E-state index contributed by atoms with van der Waals surface area (Å²) in [5.74, 6) is -0.962. The van der Waals surface area contributed by atoms with Gasteiger partial charge in [0.2, 0.25) is 10.0 Å². The van der Waals surface area contributed by atoms with Crippen molar-refractivity contribution in [1.29, 1.82) is 0 Å². The van der Waals surface area contributed by atoms with Gasteiger partial charge in [-0.05, 0) is 42.8 Å². The average Bonchev–Trinajstić information content (AvgIpc) is 2.73. The van der Waals surface area contributed by atoms with Crippen LogP contribution in [0.2, 0.25) is 5.02 Å². The number of alkyl halides is 3. The zero-order valence-corrected chi connectivity index (χ0v) is 18.5. The minimum absolute atomic E-state index is 0.00387. The van der Waals surface area contributed by atoms with E-state index in [1.165, 1.54) is 40.7 Å². The van der Waals surface area contributed by atoms with E-state index in [9.17, 15) is 26.4 Å². The molecule has 32 heavy (non-hydrogen) atoms. The van der Waals surface area contributed by atoms with E-state index in [0.717, 1.165) is 0 Å². The molecule has 174 valence electrons. The monoisotopic (exact) mass is 492 g/mol. The minimum Gasteiger partial charge on any atom is -0.482 e. The van der Waals surface area contributed by atoms with Gasteiger partial charge in [0.1, 0.15) is 5.75 Å². The van der Waals surface area contributed by atoms with Crippen molar-refractivity contribution in [3.8, 4) is 5.75 Å². The molecule has 7 nitrogen and oxygen atoms in total. The summed E-state index contributed by atoms with van der Waals surface area (Å²) in [7, 11) is -3.86. The lowest BCUT2D eigenvalue weighted by molar-refractivity contribution is -0.153. The summed E-state index contributed by atoms with van der Waals surface area (Å²) >= 11 is 5.90. The summed E-state index contributed by atoms with van der Waals surface area (Å²) in [5.41, 5.74) is 0.374. The molecule has 0 aliphatic carbocycles. The molecule has 1 aliphatic heterocycles. The molecule has 12 heteroatoms. The van der Waals surface area contributed by atoms with Gasteiger partial charge >= 0.3 is 6.18 Å². The number of hydrogen-bond acceptors (Lipinski definition) is 5. The van der Waals surface area contributed by atoms with Crippen LogP contribution in [0.4, 0.5) is 18.9 Å². The van der Waals surface area contributed by atoms with E-state index in [1.54, 1.807) is 6.92 Å². The number of benzene rings is 2. The normalized spacial score (nSPS) is 15.4. The number of halogens is 4. The second-order valence-corrected chi connectivity index (χ2v) is 9.34. The first kappa shape index (κ1) is 24.3. The lowest BCUT2D eigenvalue weighted by atomic mass is 10.1. The SMILES string of the molecule is Cc1ccc(C(=O)Nc2cc(Cl)ccc2OCC(F)(F)F)cc1S(=O)(=O)N1CCOCC1. The molecule has 3 rings (SSSR count). The Bertz CT molecular complexity index is 1100. The minimum atomic E-state index is -4.57. The first-order valence-electron chi connectivity index (χ1n) is 9.46. The highest BCUT2D eigenvalue weighted by Gasteiger charge is 2.30. The van der Waals surface area contributed by atoms with Crippen LogP contribution in [0, 0.1) is 6.92 Å². The number of nitrogens with one attached hydrogen (secondary N) is 1. The highest BCUT2D eigenvalue weighted by atomic mass is 35.5. The van der Waals surface area contributed by atoms with E-state index in [-0.39, 0.29) is 53.2 Å². The lowest BCUT2D eigenvalue weighted by Gasteiger charge is -2.26. The Kier molecular flexibility index (Phi) is 7.33. The van der Waals surface area contributed by atoms with Crippen molar-refractivity contribution in [3.63, 3.8) is 0 Å². The molecule has 1 N–H and O–H groups in total. The molecule has 0 atom stereocenters. The summed E-state index contributed by atoms with van der Waals surface area (Å²) in [6, 6.07) is 7.90. The Morgan fingerprint density at radius 2 is 1.88 bits per heavy atom. The van der Waals surface area contributed by atoms with E-state index in [2.05, 4.69) is 5.32 Å². The van der Waals surface area contributed by atoms with Gasteiger partial charge in [-0.1, -0.05) is 17.7 Å². The summed E-state index contributed by atoms with van der Waals surface area (Å²) in [6.45, 7) is 0.988. The molecule has 0 unspecified atom stereocenters. The highest BCUT2D eigenvalue weighted by Crippen LogP contribution is 2.30. The molecular weight excluding hydrogens is 473 g/mol. The second kappa shape index (κ2) is 9.65.